The van der Waals surface area contributed by atoms with Crippen LogP contribution in [0.25, 0.3) is 16.7 Å². The van der Waals surface area contributed by atoms with Crippen LogP contribution in [0.2, 0.25) is 0 Å². The lowest BCUT2D eigenvalue weighted by Crippen LogP contribution is -2.10. The fraction of sp³-hybridized carbons (Fsp3) is 0.158. The third kappa shape index (κ3) is 3.61. The molecule has 3 heterocycles. The highest BCUT2D eigenvalue weighted by Gasteiger charge is 2.16. The summed E-state index contributed by atoms with van der Waals surface area (Å²) < 4.78 is 17.0. The number of fused-ring (bicyclic) bond motifs is 1. The number of methoxy groups -OCH3 is 2. The molecule has 4 rings (SSSR count). The molecule has 0 fully saturated rings. The highest BCUT2D eigenvalue weighted by atomic mass is 32.2. The van der Waals surface area contributed by atoms with Gasteiger partial charge in [-0.1, -0.05) is 23.9 Å². The molecule has 0 aliphatic heterocycles. The van der Waals surface area contributed by atoms with E-state index in [4.69, 9.17) is 9.15 Å². The Morgan fingerprint density at radius 3 is 2.86 bits per heavy atom. The Bertz CT molecular complexity index is 1240. The van der Waals surface area contributed by atoms with Gasteiger partial charge in [0.15, 0.2) is 10.8 Å². The van der Waals surface area contributed by atoms with Crippen LogP contribution in [0.3, 0.4) is 0 Å². The van der Waals surface area contributed by atoms with Gasteiger partial charge in [0.2, 0.25) is 5.76 Å². The monoisotopic (exact) mass is 412 g/mol. The lowest BCUT2D eigenvalue weighted by Gasteiger charge is -2.08. The summed E-state index contributed by atoms with van der Waals surface area (Å²) in [4.78, 5) is 31.2. The van der Waals surface area contributed by atoms with Gasteiger partial charge in [-0.05, 0) is 24.3 Å². The Balaban J connectivity index is 1.65. The van der Waals surface area contributed by atoms with Gasteiger partial charge in [-0.2, -0.15) is 5.10 Å². The van der Waals surface area contributed by atoms with E-state index < -0.39 is 5.97 Å². The van der Waals surface area contributed by atoms with Gasteiger partial charge in [-0.3, -0.25) is 4.79 Å². The Morgan fingerprint density at radius 1 is 1.24 bits per heavy atom. The predicted molar refractivity (Wildman–Crippen MR) is 106 cm³/mol. The third-order valence-electron chi connectivity index (χ3n) is 4.13. The minimum atomic E-state index is -0.546. The number of esters is 1. The molecule has 0 aliphatic carbocycles. The zero-order valence-electron chi connectivity index (χ0n) is 15.5. The van der Waals surface area contributed by atoms with Crippen LogP contribution in [0, 0.1) is 0 Å². The van der Waals surface area contributed by atoms with E-state index in [0.29, 0.717) is 39.1 Å². The Morgan fingerprint density at radius 2 is 2.07 bits per heavy atom. The fourth-order valence-electron chi connectivity index (χ4n) is 2.75. The zero-order chi connectivity index (χ0) is 20.4. The van der Waals surface area contributed by atoms with Gasteiger partial charge in [0, 0.05) is 0 Å². The second-order valence-corrected chi connectivity index (χ2v) is 6.85. The molecule has 1 aromatic carbocycles. The van der Waals surface area contributed by atoms with Crippen LogP contribution in [0.5, 0.6) is 5.75 Å². The number of carbonyl (C=O) groups excluding carboxylic acids is 1. The number of thioether (sulfide) groups is 1. The lowest BCUT2D eigenvalue weighted by atomic mass is 10.3. The van der Waals surface area contributed by atoms with Gasteiger partial charge >= 0.3 is 5.97 Å². The molecule has 1 N–H and O–H groups in total. The van der Waals surface area contributed by atoms with Gasteiger partial charge < -0.3 is 18.9 Å². The molecule has 10 heteroatoms. The van der Waals surface area contributed by atoms with Gasteiger partial charge in [0.25, 0.3) is 5.56 Å². The van der Waals surface area contributed by atoms with E-state index >= 15 is 0 Å². The first-order valence-corrected chi connectivity index (χ1v) is 9.50. The number of aromatic amines is 1. The highest BCUT2D eigenvalue weighted by molar-refractivity contribution is 7.98. The van der Waals surface area contributed by atoms with Gasteiger partial charge in [-0.25, -0.2) is 14.5 Å². The average molecular weight is 412 g/mol. The van der Waals surface area contributed by atoms with E-state index in [1.165, 1.54) is 31.1 Å². The van der Waals surface area contributed by atoms with Crippen LogP contribution < -0.4 is 10.3 Å². The third-order valence-corrected chi connectivity index (χ3v) is 5.02. The minimum Gasteiger partial charge on any atom is -0.494 e. The van der Waals surface area contributed by atoms with Crippen LogP contribution in [0.4, 0.5) is 0 Å². The molecule has 4 aromatic rings. The molecule has 0 radical (unpaired) electrons. The summed E-state index contributed by atoms with van der Waals surface area (Å²) >= 11 is 1.27. The summed E-state index contributed by atoms with van der Waals surface area (Å²) in [5.41, 5.74) is 0.789. The second-order valence-electron chi connectivity index (χ2n) is 5.88. The van der Waals surface area contributed by atoms with Crippen molar-refractivity contribution in [1.82, 2.24) is 19.7 Å². The molecule has 0 spiro atoms. The molecule has 0 saturated carbocycles. The zero-order valence-corrected chi connectivity index (χ0v) is 16.4. The normalized spacial score (nSPS) is 11.0. The summed E-state index contributed by atoms with van der Waals surface area (Å²) in [5.74, 6) is 1.11. The maximum Gasteiger partial charge on any atom is 0.373 e. The number of H-pyrrole nitrogens is 1. The van der Waals surface area contributed by atoms with Gasteiger partial charge in [-0.15, -0.1) is 0 Å². The summed E-state index contributed by atoms with van der Waals surface area (Å²) in [5, 5.41) is 5.07. The minimum absolute atomic E-state index is 0.120. The topological polar surface area (TPSA) is 112 Å². The average Bonchev–Trinajstić information content (AvgIpc) is 3.39. The molecule has 29 heavy (non-hydrogen) atoms. The van der Waals surface area contributed by atoms with E-state index in [0.717, 1.165) is 0 Å². The number of furan rings is 1. The number of benzene rings is 1. The van der Waals surface area contributed by atoms with Gasteiger partial charge in [0.05, 0.1) is 26.2 Å². The number of rotatable bonds is 6. The van der Waals surface area contributed by atoms with Crippen molar-refractivity contribution in [2.75, 3.05) is 14.2 Å². The van der Waals surface area contributed by atoms with E-state index in [1.807, 2.05) is 24.3 Å². The van der Waals surface area contributed by atoms with Crippen molar-refractivity contribution in [3.8, 4) is 11.4 Å². The second kappa shape index (κ2) is 7.84. The van der Waals surface area contributed by atoms with Crippen molar-refractivity contribution in [3.63, 3.8) is 0 Å². The molecule has 0 aliphatic rings. The first-order chi connectivity index (χ1) is 14.1. The first kappa shape index (κ1) is 18.8. The van der Waals surface area contributed by atoms with Crippen LogP contribution in [-0.4, -0.2) is 39.9 Å². The van der Waals surface area contributed by atoms with Crippen molar-refractivity contribution in [2.45, 2.75) is 10.9 Å². The molecular formula is C19H16N4O5S. The smallest absolute Gasteiger partial charge is 0.373 e. The number of ether oxygens (including phenoxy) is 2. The van der Waals surface area contributed by atoms with E-state index in [1.54, 1.807) is 17.9 Å². The molecular weight excluding hydrogens is 396 g/mol. The van der Waals surface area contributed by atoms with Crippen LogP contribution in [0.1, 0.15) is 16.3 Å². The van der Waals surface area contributed by atoms with Crippen LogP contribution in [0.15, 0.2) is 57.0 Å². The summed E-state index contributed by atoms with van der Waals surface area (Å²) in [6, 6.07) is 10.6. The standard InChI is InChI=1S/C19H16N4O5S/c1-26-14-6-4-3-5-13(14)23-16-12(9-20-23)17(24)22-19(21-16)29-10-11-7-8-15(28-11)18(25)27-2/h3-9H,10H2,1-2H3,(H,21,22,24). The Kier molecular flexibility index (Phi) is 5.09. The molecule has 3 aromatic heterocycles. The van der Waals surface area contributed by atoms with E-state index in [2.05, 4.69) is 19.8 Å². The largest absolute Gasteiger partial charge is 0.494 e. The van der Waals surface area contributed by atoms with Crippen molar-refractivity contribution in [1.29, 1.82) is 0 Å². The summed E-state index contributed by atoms with van der Waals surface area (Å²) in [7, 11) is 2.85. The van der Waals surface area contributed by atoms with Gasteiger partial charge in [0.1, 0.15) is 22.6 Å². The molecule has 148 valence electrons. The number of para-hydroxylation sites is 2. The fourth-order valence-corrected chi connectivity index (χ4v) is 3.50. The van der Waals surface area contributed by atoms with Crippen molar-refractivity contribution >= 4 is 28.8 Å². The summed E-state index contributed by atoms with van der Waals surface area (Å²) in [6.45, 7) is 0. The van der Waals surface area contributed by atoms with Crippen LogP contribution >= 0.6 is 11.8 Å². The number of aromatic nitrogens is 4. The van der Waals surface area contributed by atoms with Crippen molar-refractivity contribution in [3.05, 3.63) is 64.5 Å². The van der Waals surface area contributed by atoms with Crippen LogP contribution in [-0.2, 0) is 10.5 Å². The summed E-state index contributed by atoms with van der Waals surface area (Å²) in [6.07, 6.45) is 1.47. The maximum absolute atomic E-state index is 12.5. The maximum atomic E-state index is 12.5. The molecule has 0 bridgehead atoms. The molecule has 0 amide bonds. The Hall–Kier alpha value is -3.53. The molecule has 9 nitrogen and oxygen atoms in total. The van der Waals surface area contributed by atoms with E-state index in [9.17, 15) is 9.59 Å². The quantitative estimate of drug-likeness (QED) is 0.292. The number of nitrogens with one attached hydrogen (secondary N) is 1. The molecule has 0 saturated heterocycles. The predicted octanol–water partition coefficient (Wildman–Crippen LogP) is 2.79. The molecule has 0 unspecified atom stereocenters. The number of hydrogen-bond acceptors (Lipinski definition) is 8. The van der Waals surface area contributed by atoms with Crippen molar-refractivity contribution < 1.29 is 18.7 Å². The highest BCUT2D eigenvalue weighted by Crippen LogP contribution is 2.26. The molecule has 0 atom stereocenters. The number of hydrogen-bond donors (Lipinski definition) is 1. The SMILES string of the molecule is COC(=O)c1ccc(CSc2nc3c(cnn3-c3ccccc3OC)c(=O)[nH]2)o1. The van der Waals surface area contributed by atoms with Crippen molar-refractivity contribution in [2.24, 2.45) is 0 Å². The number of nitrogens with zero attached hydrogens (tertiary/aromatic N) is 3. The lowest BCUT2D eigenvalue weighted by molar-refractivity contribution is 0.0563. The Labute approximate surface area is 168 Å². The van der Waals surface area contributed by atoms with E-state index in [-0.39, 0.29) is 11.3 Å². The first-order valence-electron chi connectivity index (χ1n) is 8.52. The number of carbonyl (C=O) groups is 1.